The van der Waals surface area contributed by atoms with Crippen molar-refractivity contribution in [2.75, 3.05) is 19.6 Å². The number of likely N-dealkylation sites (tertiary alicyclic amines) is 1. The van der Waals surface area contributed by atoms with E-state index >= 15 is 0 Å². The van der Waals surface area contributed by atoms with Crippen LogP contribution in [0.4, 0.5) is 0 Å². The smallest absolute Gasteiger partial charge is 0.0605 e. The van der Waals surface area contributed by atoms with Gasteiger partial charge in [0.1, 0.15) is 0 Å². The van der Waals surface area contributed by atoms with Crippen molar-refractivity contribution in [1.82, 2.24) is 4.90 Å². The van der Waals surface area contributed by atoms with Crippen molar-refractivity contribution < 1.29 is 0 Å². The van der Waals surface area contributed by atoms with Crippen LogP contribution in [0.15, 0.2) is 30.3 Å². The van der Waals surface area contributed by atoms with Crippen LogP contribution in [0, 0.1) is 23.2 Å². The van der Waals surface area contributed by atoms with Crippen molar-refractivity contribution in [2.45, 2.75) is 33.6 Å². The second-order valence-electron chi connectivity index (χ2n) is 6.64. The summed E-state index contributed by atoms with van der Waals surface area (Å²) in [7, 11) is 0. The summed E-state index contributed by atoms with van der Waals surface area (Å²) in [5.74, 6) is 7.42. The van der Waals surface area contributed by atoms with E-state index in [1.165, 1.54) is 25.9 Å². The van der Waals surface area contributed by atoms with E-state index in [1.807, 2.05) is 18.2 Å². The summed E-state index contributed by atoms with van der Waals surface area (Å²) in [4.78, 5) is 2.51. The first-order valence-corrected chi connectivity index (χ1v) is 7.31. The molecule has 0 bridgehead atoms. The van der Waals surface area contributed by atoms with Crippen LogP contribution in [-0.4, -0.2) is 24.5 Å². The van der Waals surface area contributed by atoms with Crippen molar-refractivity contribution in [3.05, 3.63) is 35.9 Å². The molecule has 0 saturated carbocycles. The van der Waals surface area contributed by atoms with Gasteiger partial charge in [0, 0.05) is 12.1 Å². The van der Waals surface area contributed by atoms with Gasteiger partial charge in [0.2, 0.25) is 0 Å². The molecule has 1 nitrogen and oxygen atoms in total. The van der Waals surface area contributed by atoms with E-state index in [9.17, 15) is 0 Å². The summed E-state index contributed by atoms with van der Waals surface area (Å²) in [5.41, 5.74) is 1.54. The number of hydrogen-bond donors (Lipinski definition) is 0. The van der Waals surface area contributed by atoms with Gasteiger partial charge in [-0.25, -0.2) is 0 Å². The largest absolute Gasteiger partial charge is 0.292 e. The summed E-state index contributed by atoms with van der Waals surface area (Å²) in [6.45, 7) is 10.4. The normalized spacial score (nSPS) is 23.2. The van der Waals surface area contributed by atoms with Crippen molar-refractivity contribution >= 4 is 0 Å². The Morgan fingerprint density at radius 2 is 2.00 bits per heavy atom. The molecule has 1 saturated heterocycles. The maximum atomic E-state index is 3.33. The van der Waals surface area contributed by atoms with E-state index in [2.05, 4.69) is 49.6 Å². The zero-order valence-corrected chi connectivity index (χ0v) is 12.4. The molecule has 1 fully saturated rings. The Hall–Kier alpha value is -1.26. The first-order chi connectivity index (χ1) is 9.05. The van der Waals surface area contributed by atoms with E-state index in [-0.39, 0.29) is 0 Å². The van der Waals surface area contributed by atoms with Crippen LogP contribution in [0.2, 0.25) is 0 Å². The average Bonchev–Trinajstić information content (AvgIpc) is 2.48. The molecule has 1 aromatic rings. The standard InChI is InChI=1S/C18H25N/c1-16-11-13-19(15-18(2,3)14-16)12-7-10-17-8-5-4-6-9-17/h4-6,8-9,16H,11-15H2,1-3H3. The lowest BCUT2D eigenvalue weighted by Gasteiger charge is -2.28. The van der Waals surface area contributed by atoms with Crippen LogP contribution >= 0.6 is 0 Å². The lowest BCUT2D eigenvalue weighted by atomic mass is 9.83. The Morgan fingerprint density at radius 3 is 2.74 bits per heavy atom. The van der Waals surface area contributed by atoms with Crippen molar-refractivity contribution in [1.29, 1.82) is 0 Å². The third-order valence-electron chi connectivity index (χ3n) is 3.80. The van der Waals surface area contributed by atoms with Crippen LogP contribution in [-0.2, 0) is 0 Å². The van der Waals surface area contributed by atoms with Crippen LogP contribution in [0.3, 0.4) is 0 Å². The molecule has 1 heterocycles. The maximum absolute atomic E-state index is 3.33. The number of hydrogen-bond acceptors (Lipinski definition) is 1. The van der Waals surface area contributed by atoms with Gasteiger partial charge < -0.3 is 0 Å². The zero-order chi connectivity index (χ0) is 13.7. The lowest BCUT2D eigenvalue weighted by Crippen LogP contribution is -2.33. The van der Waals surface area contributed by atoms with Gasteiger partial charge >= 0.3 is 0 Å². The van der Waals surface area contributed by atoms with E-state index in [4.69, 9.17) is 0 Å². The number of nitrogens with zero attached hydrogens (tertiary/aromatic N) is 1. The molecule has 0 amide bonds. The molecule has 102 valence electrons. The molecule has 1 unspecified atom stereocenters. The minimum Gasteiger partial charge on any atom is -0.292 e. The summed E-state index contributed by atoms with van der Waals surface area (Å²) >= 11 is 0. The molecule has 1 atom stereocenters. The Morgan fingerprint density at radius 1 is 1.26 bits per heavy atom. The summed E-state index contributed by atoms with van der Waals surface area (Å²) in [5, 5.41) is 0. The van der Waals surface area contributed by atoms with Gasteiger partial charge in [-0.3, -0.25) is 4.90 Å². The number of rotatable bonds is 1. The molecule has 1 aliphatic heterocycles. The highest BCUT2D eigenvalue weighted by molar-refractivity contribution is 5.33. The van der Waals surface area contributed by atoms with E-state index in [0.29, 0.717) is 5.41 Å². The molecule has 0 radical (unpaired) electrons. The minimum atomic E-state index is 0.421. The Balaban J connectivity index is 1.94. The topological polar surface area (TPSA) is 3.24 Å². The summed E-state index contributed by atoms with van der Waals surface area (Å²) in [6, 6.07) is 10.3. The van der Waals surface area contributed by atoms with Gasteiger partial charge in [-0.1, -0.05) is 50.8 Å². The molecule has 1 heteroatoms. The van der Waals surface area contributed by atoms with Gasteiger partial charge in [-0.05, 0) is 42.9 Å². The third-order valence-corrected chi connectivity index (χ3v) is 3.80. The molecule has 0 N–H and O–H groups in total. The minimum absolute atomic E-state index is 0.421. The molecule has 1 aliphatic rings. The van der Waals surface area contributed by atoms with Gasteiger partial charge in [0.15, 0.2) is 0 Å². The van der Waals surface area contributed by atoms with Crippen molar-refractivity contribution in [2.24, 2.45) is 11.3 Å². The Labute approximate surface area is 118 Å². The second-order valence-corrected chi connectivity index (χ2v) is 6.64. The number of benzene rings is 1. The van der Waals surface area contributed by atoms with Gasteiger partial charge in [0.25, 0.3) is 0 Å². The fraction of sp³-hybridized carbons (Fsp3) is 0.556. The zero-order valence-electron chi connectivity index (χ0n) is 12.4. The third kappa shape index (κ3) is 4.73. The molecule has 2 rings (SSSR count). The molecular formula is C18H25N. The summed E-state index contributed by atoms with van der Waals surface area (Å²) < 4.78 is 0. The van der Waals surface area contributed by atoms with Crippen molar-refractivity contribution in [3.8, 4) is 11.8 Å². The van der Waals surface area contributed by atoms with Crippen molar-refractivity contribution in [3.63, 3.8) is 0 Å². The fourth-order valence-electron chi connectivity index (χ4n) is 3.11. The molecule has 1 aromatic carbocycles. The van der Waals surface area contributed by atoms with Crippen LogP contribution in [0.1, 0.15) is 39.2 Å². The van der Waals surface area contributed by atoms with E-state index < -0.39 is 0 Å². The second kappa shape index (κ2) is 6.26. The first kappa shape index (κ1) is 14.2. The maximum Gasteiger partial charge on any atom is 0.0605 e. The predicted octanol–water partition coefficient (Wildman–Crippen LogP) is 3.80. The van der Waals surface area contributed by atoms with Gasteiger partial charge in [-0.15, -0.1) is 0 Å². The summed E-state index contributed by atoms with van der Waals surface area (Å²) in [6.07, 6.45) is 2.63. The quantitative estimate of drug-likeness (QED) is 0.690. The molecule has 0 aliphatic carbocycles. The molecule has 19 heavy (non-hydrogen) atoms. The van der Waals surface area contributed by atoms with E-state index in [0.717, 1.165) is 18.0 Å². The SMILES string of the molecule is CC1CCN(CC#Cc2ccccc2)CC(C)(C)C1. The average molecular weight is 255 g/mol. The molecular weight excluding hydrogens is 230 g/mol. The highest BCUT2D eigenvalue weighted by atomic mass is 15.1. The van der Waals surface area contributed by atoms with Gasteiger partial charge in [0.05, 0.1) is 6.54 Å². The highest BCUT2D eigenvalue weighted by Crippen LogP contribution is 2.31. The predicted molar refractivity (Wildman–Crippen MR) is 81.9 cm³/mol. The van der Waals surface area contributed by atoms with Crippen LogP contribution in [0.5, 0.6) is 0 Å². The molecule has 0 spiro atoms. The highest BCUT2D eigenvalue weighted by Gasteiger charge is 2.27. The Bertz CT molecular complexity index is 450. The Kier molecular flexibility index (Phi) is 4.66. The molecule has 0 aromatic heterocycles. The fourth-order valence-corrected chi connectivity index (χ4v) is 3.11. The monoisotopic (exact) mass is 255 g/mol. The van der Waals surface area contributed by atoms with Crippen LogP contribution in [0.25, 0.3) is 0 Å². The lowest BCUT2D eigenvalue weighted by molar-refractivity contribution is 0.209. The van der Waals surface area contributed by atoms with E-state index in [1.54, 1.807) is 0 Å². The van der Waals surface area contributed by atoms with Crippen LogP contribution < -0.4 is 0 Å². The first-order valence-electron chi connectivity index (χ1n) is 7.31. The van der Waals surface area contributed by atoms with Gasteiger partial charge in [-0.2, -0.15) is 0 Å².